The zero-order valence-electron chi connectivity index (χ0n) is 25.1. The lowest BCUT2D eigenvalue weighted by atomic mass is 9.93. The van der Waals surface area contributed by atoms with E-state index in [0.717, 1.165) is 44.5 Å². The Labute approximate surface area is 254 Å². The van der Waals surface area contributed by atoms with Gasteiger partial charge in [-0.25, -0.2) is 0 Å². The van der Waals surface area contributed by atoms with Gasteiger partial charge in [0, 0.05) is 0 Å². The first-order valence-corrected chi connectivity index (χ1v) is 17.9. The topological polar surface area (TPSA) is 71.1 Å². The minimum absolute atomic E-state index is 0.109. The highest BCUT2D eigenvalue weighted by Gasteiger charge is 2.54. The highest BCUT2D eigenvalue weighted by atomic mass is 31.2. The van der Waals surface area contributed by atoms with Crippen LogP contribution in [0, 0.1) is 33.1 Å². The second-order valence-electron chi connectivity index (χ2n) is 11.9. The van der Waals surface area contributed by atoms with E-state index in [1.165, 1.54) is 0 Å². The highest BCUT2D eigenvalue weighted by molar-refractivity contribution is 7.55. The fourth-order valence-electron chi connectivity index (χ4n) is 6.12. The predicted molar refractivity (Wildman–Crippen MR) is 170 cm³/mol. The standard InChI is InChI=1S/C35H38O6P2/c1-25-13-5-9-17-29(25)33(30-18-10-6-14-26(30)2)42(36)38-21-35(22-39-42)23-40-43(37,41-24-35)34(31-19-11-7-15-27(31)3)32-20-12-8-16-28(32)4/h5-20,33-34H,21-24H2,1-4H3. The molecule has 4 aromatic carbocycles. The normalized spacial score (nSPS) is 25.8. The summed E-state index contributed by atoms with van der Waals surface area (Å²) in [5.74, 6) is 0. The van der Waals surface area contributed by atoms with E-state index in [1.54, 1.807) is 0 Å². The smallest absolute Gasteiger partial charge is 0.307 e. The van der Waals surface area contributed by atoms with Crippen LogP contribution in [0.3, 0.4) is 0 Å². The number of hydrogen-bond acceptors (Lipinski definition) is 6. The van der Waals surface area contributed by atoms with Gasteiger partial charge in [0.05, 0.1) is 31.8 Å². The quantitative estimate of drug-likeness (QED) is 0.201. The Morgan fingerprint density at radius 3 is 0.930 bits per heavy atom. The van der Waals surface area contributed by atoms with E-state index < -0.39 is 31.9 Å². The molecule has 2 aliphatic rings. The first-order valence-electron chi connectivity index (χ1n) is 14.6. The summed E-state index contributed by atoms with van der Waals surface area (Å²) < 4.78 is 54.2. The van der Waals surface area contributed by atoms with Crippen molar-refractivity contribution in [3.8, 4) is 0 Å². The van der Waals surface area contributed by atoms with Gasteiger partial charge in [0.25, 0.3) is 0 Å². The molecule has 0 atom stereocenters. The first kappa shape index (κ1) is 30.2. The maximum Gasteiger partial charge on any atom is 0.342 e. The van der Waals surface area contributed by atoms with Crippen LogP contribution >= 0.6 is 15.2 Å². The van der Waals surface area contributed by atoms with Gasteiger partial charge in [0.2, 0.25) is 0 Å². The van der Waals surface area contributed by atoms with Gasteiger partial charge < -0.3 is 18.1 Å². The number of hydrogen-bond donors (Lipinski definition) is 0. The number of benzene rings is 4. The van der Waals surface area contributed by atoms with Crippen LogP contribution in [0.2, 0.25) is 0 Å². The third-order valence-electron chi connectivity index (χ3n) is 8.77. The van der Waals surface area contributed by atoms with Gasteiger partial charge in [-0.05, 0) is 72.2 Å². The molecule has 6 rings (SSSR count). The highest BCUT2D eigenvalue weighted by Crippen LogP contribution is 2.71. The molecule has 224 valence electrons. The SMILES string of the molecule is Cc1ccccc1C(c1ccccc1C)P1(=O)OCC2(CO1)COP(=O)(C(c1ccccc1C)c1ccccc1C)OC2. The average molecular weight is 617 g/mol. The molecule has 0 N–H and O–H groups in total. The third kappa shape index (κ3) is 5.73. The van der Waals surface area contributed by atoms with Crippen LogP contribution in [0.5, 0.6) is 0 Å². The van der Waals surface area contributed by atoms with Gasteiger partial charge in [-0.1, -0.05) is 97.1 Å². The first-order chi connectivity index (χ1) is 20.6. The molecule has 2 aliphatic heterocycles. The minimum Gasteiger partial charge on any atom is -0.307 e. The summed E-state index contributed by atoms with van der Waals surface area (Å²) in [5.41, 5.74) is 5.84. The van der Waals surface area contributed by atoms with Crippen LogP contribution in [-0.2, 0) is 27.2 Å². The second-order valence-corrected chi connectivity index (χ2v) is 16.1. The Kier molecular flexibility index (Phi) is 8.39. The van der Waals surface area contributed by atoms with Crippen molar-refractivity contribution in [2.45, 2.75) is 39.0 Å². The summed E-state index contributed by atoms with van der Waals surface area (Å²) in [6.07, 6.45) is 0. The molecule has 0 saturated carbocycles. The molecule has 43 heavy (non-hydrogen) atoms. The third-order valence-corrected chi connectivity index (χ3v) is 13.1. The van der Waals surface area contributed by atoms with E-state index >= 15 is 0 Å². The van der Waals surface area contributed by atoms with Crippen molar-refractivity contribution in [3.63, 3.8) is 0 Å². The molecular weight excluding hydrogens is 578 g/mol. The van der Waals surface area contributed by atoms with Gasteiger partial charge in [0.15, 0.2) is 0 Å². The predicted octanol–water partition coefficient (Wildman–Crippen LogP) is 9.27. The van der Waals surface area contributed by atoms with Crippen LogP contribution in [0.1, 0.15) is 55.8 Å². The fraction of sp³-hybridized carbons (Fsp3) is 0.314. The molecule has 1 spiro atoms. The van der Waals surface area contributed by atoms with Crippen molar-refractivity contribution in [3.05, 3.63) is 142 Å². The molecule has 2 fully saturated rings. The van der Waals surface area contributed by atoms with E-state index in [9.17, 15) is 9.13 Å². The van der Waals surface area contributed by atoms with E-state index in [0.29, 0.717) is 0 Å². The largest absolute Gasteiger partial charge is 0.342 e. The number of rotatable bonds is 6. The molecule has 2 heterocycles. The van der Waals surface area contributed by atoms with E-state index in [-0.39, 0.29) is 26.4 Å². The molecule has 8 heteroatoms. The Hall–Kier alpha value is -2.82. The second kappa shape index (κ2) is 11.9. The molecule has 6 nitrogen and oxygen atoms in total. The van der Waals surface area contributed by atoms with Crippen LogP contribution in [0.4, 0.5) is 0 Å². The van der Waals surface area contributed by atoms with E-state index in [2.05, 4.69) is 0 Å². The summed E-state index contributed by atoms with van der Waals surface area (Å²) in [7, 11) is -7.31. The maximum absolute atomic E-state index is 14.6. The molecule has 0 amide bonds. The van der Waals surface area contributed by atoms with Gasteiger partial charge in [0.1, 0.15) is 11.3 Å². The van der Waals surface area contributed by atoms with E-state index in [1.807, 2.05) is 125 Å². The molecule has 0 aromatic heterocycles. The molecule has 0 bridgehead atoms. The van der Waals surface area contributed by atoms with Crippen molar-refractivity contribution < 1.29 is 27.2 Å². The summed E-state index contributed by atoms with van der Waals surface area (Å²) in [4.78, 5) is 0. The van der Waals surface area contributed by atoms with Crippen molar-refractivity contribution in [2.24, 2.45) is 5.41 Å². The summed E-state index contributed by atoms with van der Waals surface area (Å²) in [6, 6.07) is 31.7. The summed E-state index contributed by atoms with van der Waals surface area (Å²) in [5, 5.41) is 0. The lowest BCUT2D eigenvalue weighted by molar-refractivity contribution is -0.0703. The molecule has 0 radical (unpaired) electrons. The van der Waals surface area contributed by atoms with Gasteiger partial charge in [-0.2, -0.15) is 0 Å². The lowest BCUT2D eigenvalue weighted by Gasteiger charge is -2.45. The number of aryl methyl sites for hydroxylation is 4. The Morgan fingerprint density at radius 2 is 0.698 bits per heavy atom. The fourth-order valence-corrected chi connectivity index (χ4v) is 11.2. The van der Waals surface area contributed by atoms with Crippen molar-refractivity contribution >= 4 is 15.2 Å². The van der Waals surface area contributed by atoms with Crippen LogP contribution in [0.25, 0.3) is 0 Å². The van der Waals surface area contributed by atoms with Crippen molar-refractivity contribution in [2.75, 3.05) is 26.4 Å². The Bertz CT molecular complexity index is 1490. The molecular formula is C35H38O6P2. The summed E-state index contributed by atoms with van der Waals surface area (Å²) >= 11 is 0. The van der Waals surface area contributed by atoms with Gasteiger partial charge >= 0.3 is 15.2 Å². The van der Waals surface area contributed by atoms with Gasteiger partial charge in [-0.3, -0.25) is 9.13 Å². The minimum atomic E-state index is -3.65. The average Bonchev–Trinajstić information content (AvgIpc) is 3.01. The summed E-state index contributed by atoms with van der Waals surface area (Å²) in [6.45, 7) is 8.48. The molecule has 2 saturated heterocycles. The zero-order chi connectivity index (χ0) is 30.2. The Morgan fingerprint density at radius 1 is 0.465 bits per heavy atom. The van der Waals surface area contributed by atoms with Crippen molar-refractivity contribution in [1.82, 2.24) is 0 Å². The molecule has 4 aromatic rings. The zero-order valence-corrected chi connectivity index (χ0v) is 26.9. The van der Waals surface area contributed by atoms with E-state index in [4.69, 9.17) is 18.1 Å². The maximum atomic E-state index is 14.6. The monoisotopic (exact) mass is 616 g/mol. The van der Waals surface area contributed by atoms with Crippen LogP contribution < -0.4 is 0 Å². The van der Waals surface area contributed by atoms with Crippen LogP contribution in [0.15, 0.2) is 97.1 Å². The van der Waals surface area contributed by atoms with Gasteiger partial charge in [-0.15, -0.1) is 0 Å². The van der Waals surface area contributed by atoms with Crippen LogP contribution in [-0.4, -0.2) is 26.4 Å². The Balaban J connectivity index is 1.27. The van der Waals surface area contributed by atoms with Crippen molar-refractivity contribution in [1.29, 1.82) is 0 Å². The lowest BCUT2D eigenvalue weighted by Crippen LogP contribution is -2.46. The molecule has 0 unspecified atom stereocenters. The molecule has 0 aliphatic carbocycles.